The van der Waals surface area contributed by atoms with Crippen molar-refractivity contribution in [3.63, 3.8) is 0 Å². The molecule has 2 aromatic rings. The van der Waals surface area contributed by atoms with Crippen LogP contribution in [-0.4, -0.2) is 12.8 Å². The largest absolute Gasteiger partial charge is 0.462 e. The fraction of sp³-hybridized carbons (Fsp3) is 0.133. The molecule has 2 rings (SSSR count). The fourth-order valence-corrected chi connectivity index (χ4v) is 1.60. The molecule has 0 unspecified atom stereocenters. The van der Waals surface area contributed by atoms with Gasteiger partial charge in [0.15, 0.2) is 5.78 Å². The molecule has 0 bridgehead atoms. The van der Waals surface area contributed by atoms with Crippen LogP contribution in [0.1, 0.15) is 21.9 Å². The number of rotatable bonds is 4. The summed E-state index contributed by atoms with van der Waals surface area (Å²) in [6.45, 7) is 1.87. The molecule has 3 nitrogen and oxygen atoms in total. The van der Waals surface area contributed by atoms with Gasteiger partial charge in [0.2, 0.25) is 0 Å². The molecule has 92 valence electrons. The molecule has 1 aromatic heterocycles. The van der Waals surface area contributed by atoms with Gasteiger partial charge in [-0.2, -0.15) is 0 Å². The van der Waals surface area contributed by atoms with Crippen LogP contribution < -0.4 is 5.32 Å². The highest BCUT2D eigenvalue weighted by atomic mass is 16.3. The number of hydrogen-bond donors (Lipinski definition) is 1. The second-order valence-corrected chi connectivity index (χ2v) is 3.97. The van der Waals surface area contributed by atoms with Crippen molar-refractivity contribution in [2.45, 2.75) is 6.92 Å². The molecule has 0 amide bonds. The summed E-state index contributed by atoms with van der Waals surface area (Å²) < 4.78 is 5.36. The van der Waals surface area contributed by atoms with Crippen LogP contribution in [0.15, 0.2) is 46.9 Å². The standard InChI is InChI=1S/C15H15NO2/c1-11-3-8-14(18-11)9-10-15(17)12-4-6-13(16-2)7-5-12/h3-10,16H,1-2H3/b10-9+. The number of benzene rings is 1. The molecule has 0 aliphatic carbocycles. The zero-order valence-electron chi connectivity index (χ0n) is 10.4. The second-order valence-electron chi connectivity index (χ2n) is 3.97. The van der Waals surface area contributed by atoms with E-state index in [-0.39, 0.29) is 5.78 Å². The Morgan fingerprint density at radius 2 is 1.89 bits per heavy atom. The normalized spacial score (nSPS) is 10.8. The molecule has 1 aromatic carbocycles. The van der Waals surface area contributed by atoms with E-state index in [4.69, 9.17) is 4.42 Å². The Hall–Kier alpha value is -2.29. The van der Waals surface area contributed by atoms with Gasteiger partial charge in [0, 0.05) is 18.3 Å². The van der Waals surface area contributed by atoms with Crippen molar-refractivity contribution < 1.29 is 9.21 Å². The number of allylic oxidation sites excluding steroid dienone is 1. The average Bonchev–Trinajstić information content (AvgIpc) is 2.82. The lowest BCUT2D eigenvalue weighted by Gasteiger charge is -2.00. The lowest BCUT2D eigenvalue weighted by molar-refractivity contribution is 0.104. The third-order valence-corrected chi connectivity index (χ3v) is 2.62. The minimum atomic E-state index is -0.0355. The van der Waals surface area contributed by atoms with E-state index in [1.807, 2.05) is 38.2 Å². The number of furan rings is 1. The summed E-state index contributed by atoms with van der Waals surface area (Å²) in [5.74, 6) is 1.49. The van der Waals surface area contributed by atoms with E-state index in [2.05, 4.69) is 5.32 Å². The topological polar surface area (TPSA) is 42.2 Å². The molecule has 0 spiro atoms. The predicted molar refractivity (Wildman–Crippen MR) is 72.8 cm³/mol. The molecule has 0 saturated heterocycles. The van der Waals surface area contributed by atoms with E-state index in [0.717, 1.165) is 11.4 Å². The number of carbonyl (C=O) groups is 1. The molecular formula is C15H15NO2. The van der Waals surface area contributed by atoms with Crippen molar-refractivity contribution in [1.29, 1.82) is 0 Å². The first-order valence-corrected chi connectivity index (χ1v) is 5.76. The molecule has 18 heavy (non-hydrogen) atoms. The van der Waals surface area contributed by atoms with Crippen LogP contribution in [0.2, 0.25) is 0 Å². The van der Waals surface area contributed by atoms with E-state index < -0.39 is 0 Å². The SMILES string of the molecule is CNc1ccc(C(=O)/C=C/c2ccc(C)o2)cc1. The molecule has 0 fully saturated rings. The molecule has 1 heterocycles. The van der Waals surface area contributed by atoms with Crippen LogP contribution >= 0.6 is 0 Å². The summed E-state index contributed by atoms with van der Waals surface area (Å²) in [6.07, 6.45) is 3.20. The number of hydrogen-bond acceptors (Lipinski definition) is 3. The Bertz CT molecular complexity index is 564. The summed E-state index contributed by atoms with van der Waals surface area (Å²) in [5, 5.41) is 3.01. The van der Waals surface area contributed by atoms with Gasteiger partial charge in [-0.3, -0.25) is 4.79 Å². The van der Waals surface area contributed by atoms with Gasteiger partial charge in [0.05, 0.1) is 0 Å². The highest BCUT2D eigenvalue weighted by Gasteiger charge is 2.02. The molecule has 0 saturated carbocycles. The van der Waals surface area contributed by atoms with E-state index in [9.17, 15) is 4.79 Å². The Morgan fingerprint density at radius 1 is 1.17 bits per heavy atom. The summed E-state index contributed by atoms with van der Waals surface area (Å²) in [4.78, 5) is 11.9. The zero-order chi connectivity index (χ0) is 13.0. The van der Waals surface area contributed by atoms with Crippen LogP contribution in [-0.2, 0) is 0 Å². The van der Waals surface area contributed by atoms with Crippen LogP contribution in [0.3, 0.4) is 0 Å². The quantitative estimate of drug-likeness (QED) is 0.657. The highest BCUT2D eigenvalue weighted by Crippen LogP contribution is 2.12. The summed E-state index contributed by atoms with van der Waals surface area (Å²) in [5.41, 5.74) is 1.64. The fourth-order valence-electron chi connectivity index (χ4n) is 1.60. The molecular weight excluding hydrogens is 226 g/mol. The first-order chi connectivity index (χ1) is 8.69. The zero-order valence-corrected chi connectivity index (χ0v) is 10.4. The smallest absolute Gasteiger partial charge is 0.185 e. The number of anilines is 1. The number of aryl methyl sites for hydroxylation is 1. The maximum Gasteiger partial charge on any atom is 0.185 e. The van der Waals surface area contributed by atoms with Crippen LogP contribution in [0.5, 0.6) is 0 Å². The summed E-state index contributed by atoms with van der Waals surface area (Å²) in [6, 6.07) is 11.0. The van der Waals surface area contributed by atoms with E-state index >= 15 is 0 Å². The van der Waals surface area contributed by atoms with Crippen LogP contribution in [0.25, 0.3) is 6.08 Å². The molecule has 1 N–H and O–H groups in total. The van der Waals surface area contributed by atoms with Crippen molar-refractivity contribution in [2.24, 2.45) is 0 Å². The molecule has 0 aliphatic heterocycles. The van der Waals surface area contributed by atoms with Gasteiger partial charge < -0.3 is 9.73 Å². The van der Waals surface area contributed by atoms with Crippen LogP contribution in [0, 0.1) is 6.92 Å². The number of nitrogens with one attached hydrogen (secondary N) is 1. The average molecular weight is 241 g/mol. The van der Waals surface area contributed by atoms with Gasteiger partial charge in [-0.25, -0.2) is 0 Å². The third-order valence-electron chi connectivity index (χ3n) is 2.62. The highest BCUT2D eigenvalue weighted by molar-refractivity contribution is 6.06. The first kappa shape index (κ1) is 12.2. The minimum Gasteiger partial charge on any atom is -0.462 e. The summed E-state index contributed by atoms with van der Waals surface area (Å²) >= 11 is 0. The molecule has 0 atom stereocenters. The van der Waals surface area contributed by atoms with Gasteiger partial charge in [-0.15, -0.1) is 0 Å². The van der Waals surface area contributed by atoms with Crippen molar-refractivity contribution >= 4 is 17.5 Å². The first-order valence-electron chi connectivity index (χ1n) is 5.76. The monoisotopic (exact) mass is 241 g/mol. The van der Waals surface area contributed by atoms with Gasteiger partial charge in [-0.05, 0) is 55.5 Å². The van der Waals surface area contributed by atoms with Gasteiger partial charge >= 0.3 is 0 Å². The molecule has 0 radical (unpaired) electrons. The molecule has 0 aliphatic rings. The van der Waals surface area contributed by atoms with Crippen molar-refractivity contribution in [3.8, 4) is 0 Å². The van der Waals surface area contributed by atoms with Crippen molar-refractivity contribution in [3.05, 3.63) is 59.6 Å². The van der Waals surface area contributed by atoms with Gasteiger partial charge in [0.25, 0.3) is 0 Å². The Labute approximate surface area is 106 Å². The van der Waals surface area contributed by atoms with Crippen LogP contribution in [0.4, 0.5) is 5.69 Å². The lowest BCUT2D eigenvalue weighted by Crippen LogP contribution is -1.95. The van der Waals surface area contributed by atoms with E-state index in [1.54, 1.807) is 18.2 Å². The maximum atomic E-state index is 11.9. The number of ketones is 1. The van der Waals surface area contributed by atoms with Crippen molar-refractivity contribution in [2.75, 3.05) is 12.4 Å². The molecule has 3 heteroatoms. The minimum absolute atomic E-state index is 0.0355. The van der Waals surface area contributed by atoms with Gasteiger partial charge in [-0.1, -0.05) is 0 Å². The third kappa shape index (κ3) is 2.88. The maximum absolute atomic E-state index is 11.9. The number of carbonyl (C=O) groups excluding carboxylic acids is 1. The second kappa shape index (κ2) is 5.36. The van der Waals surface area contributed by atoms with E-state index in [1.165, 1.54) is 6.08 Å². The summed E-state index contributed by atoms with van der Waals surface area (Å²) in [7, 11) is 1.84. The van der Waals surface area contributed by atoms with Crippen molar-refractivity contribution in [1.82, 2.24) is 0 Å². The Balaban J connectivity index is 2.09. The Kier molecular flexibility index (Phi) is 3.63. The Morgan fingerprint density at radius 3 is 2.44 bits per heavy atom. The van der Waals surface area contributed by atoms with Gasteiger partial charge in [0.1, 0.15) is 11.5 Å². The lowest BCUT2D eigenvalue weighted by atomic mass is 10.1. The van der Waals surface area contributed by atoms with E-state index in [0.29, 0.717) is 11.3 Å². The predicted octanol–water partition coefficient (Wildman–Crippen LogP) is 3.53.